The summed E-state index contributed by atoms with van der Waals surface area (Å²) >= 11 is 4.73. The van der Waals surface area contributed by atoms with Crippen molar-refractivity contribution in [1.82, 2.24) is 0 Å². The van der Waals surface area contributed by atoms with Crippen LogP contribution in [0.4, 0.5) is 5.69 Å². The first-order valence-corrected chi connectivity index (χ1v) is 8.75. The molecule has 1 aromatic carbocycles. The maximum atomic E-state index is 12.4. The van der Waals surface area contributed by atoms with E-state index >= 15 is 0 Å². The molecular formula is C13H14BrNO2S2. The molecule has 0 unspecified atom stereocenters. The Labute approximate surface area is 125 Å². The van der Waals surface area contributed by atoms with Crippen molar-refractivity contribution in [2.24, 2.45) is 0 Å². The zero-order valence-corrected chi connectivity index (χ0v) is 14.0. The first kappa shape index (κ1) is 14.6. The molecule has 102 valence electrons. The number of hydrogen-bond acceptors (Lipinski definition) is 3. The van der Waals surface area contributed by atoms with Gasteiger partial charge in [-0.3, -0.25) is 4.72 Å². The summed E-state index contributed by atoms with van der Waals surface area (Å²) in [7, 11) is -3.54. The Hall–Kier alpha value is -0.850. The average molecular weight is 360 g/mol. The van der Waals surface area contributed by atoms with Crippen LogP contribution in [0.2, 0.25) is 0 Å². The smallest absolute Gasteiger partial charge is 0.263 e. The highest BCUT2D eigenvalue weighted by atomic mass is 79.9. The summed E-state index contributed by atoms with van der Waals surface area (Å²) in [5.41, 5.74) is 2.48. The van der Waals surface area contributed by atoms with Gasteiger partial charge in [0.25, 0.3) is 10.0 Å². The van der Waals surface area contributed by atoms with Crippen molar-refractivity contribution in [3.05, 3.63) is 44.1 Å². The lowest BCUT2D eigenvalue weighted by molar-refractivity contribution is 0.601. The van der Waals surface area contributed by atoms with Crippen LogP contribution >= 0.6 is 27.3 Å². The van der Waals surface area contributed by atoms with Crippen molar-refractivity contribution >= 4 is 43.0 Å². The number of thiophene rings is 1. The number of para-hydroxylation sites is 1. The Morgan fingerprint density at radius 1 is 1.16 bits per heavy atom. The van der Waals surface area contributed by atoms with Gasteiger partial charge in [-0.05, 0) is 53.9 Å². The highest BCUT2D eigenvalue weighted by Crippen LogP contribution is 2.31. The van der Waals surface area contributed by atoms with Crippen LogP contribution in [0.3, 0.4) is 0 Å². The van der Waals surface area contributed by atoms with Gasteiger partial charge in [0, 0.05) is 4.88 Å². The standard InChI is InChI=1S/C13H14BrNO2S2/c1-8-5-4-6-9(2)13(8)15-19(16,17)11-7-12(14)18-10(11)3/h4-7,15H,1-3H3. The van der Waals surface area contributed by atoms with Gasteiger partial charge in [-0.25, -0.2) is 8.42 Å². The summed E-state index contributed by atoms with van der Waals surface area (Å²) in [6.45, 7) is 5.58. The number of sulfonamides is 1. The molecule has 0 aliphatic heterocycles. The van der Waals surface area contributed by atoms with Gasteiger partial charge >= 0.3 is 0 Å². The molecule has 0 radical (unpaired) electrons. The average Bonchev–Trinajstić information content (AvgIpc) is 2.64. The molecule has 1 N–H and O–H groups in total. The molecule has 2 rings (SSSR count). The third-order valence-electron chi connectivity index (χ3n) is 2.85. The molecule has 0 bridgehead atoms. The third-order valence-corrected chi connectivity index (χ3v) is 6.01. The second-order valence-corrected chi connectivity index (χ2v) is 8.63. The first-order valence-electron chi connectivity index (χ1n) is 5.66. The molecule has 0 fully saturated rings. The predicted molar refractivity (Wildman–Crippen MR) is 83.5 cm³/mol. The minimum atomic E-state index is -3.54. The lowest BCUT2D eigenvalue weighted by Crippen LogP contribution is -2.14. The van der Waals surface area contributed by atoms with Crippen molar-refractivity contribution < 1.29 is 8.42 Å². The number of benzene rings is 1. The van der Waals surface area contributed by atoms with E-state index in [2.05, 4.69) is 20.7 Å². The SMILES string of the molecule is Cc1cccc(C)c1NS(=O)(=O)c1cc(Br)sc1C. The fourth-order valence-electron chi connectivity index (χ4n) is 1.86. The van der Waals surface area contributed by atoms with Crippen molar-refractivity contribution in [1.29, 1.82) is 0 Å². The van der Waals surface area contributed by atoms with Crippen LogP contribution in [0, 0.1) is 20.8 Å². The lowest BCUT2D eigenvalue weighted by Gasteiger charge is -2.12. The summed E-state index contributed by atoms with van der Waals surface area (Å²) in [4.78, 5) is 1.10. The number of halogens is 1. The molecular weight excluding hydrogens is 346 g/mol. The van der Waals surface area contributed by atoms with Gasteiger partial charge in [-0.2, -0.15) is 0 Å². The number of anilines is 1. The Morgan fingerprint density at radius 3 is 2.21 bits per heavy atom. The molecule has 0 atom stereocenters. The summed E-state index contributed by atoms with van der Waals surface area (Å²) in [6.07, 6.45) is 0. The summed E-state index contributed by atoms with van der Waals surface area (Å²) < 4.78 is 28.3. The second-order valence-electron chi connectivity index (χ2n) is 4.34. The van der Waals surface area contributed by atoms with Crippen molar-refractivity contribution in [3.63, 3.8) is 0 Å². The lowest BCUT2D eigenvalue weighted by atomic mass is 10.1. The third kappa shape index (κ3) is 3.01. The zero-order valence-electron chi connectivity index (χ0n) is 10.8. The number of nitrogens with one attached hydrogen (secondary N) is 1. The van der Waals surface area contributed by atoms with Gasteiger partial charge in [-0.15, -0.1) is 11.3 Å². The van der Waals surface area contributed by atoms with Gasteiger partial charge < -0.3 is 0 Å². The van der Waals surface area contributed by atoms with Gasteiger partial charge in [0.05, 0.1) is 9.47 Å². The van der Waals surface area contributed by atoms with Gasteiger partial charge in [-0.1, -0.05) is 18.2 Å². The van der Waals surface area contributed by atoms with E-state index in [1.807, 2.05) is 32.0 Å². The highest BCUT2D eigenvalue weighted by molar-refractivity contribution is 9.11. The van der Waals surface area contributed by atoms with Crippen molar-refractivity contribution in [2.75, 3.05) is 4.72 Å². The van der Waals surface area contributed by atoms with Gasteiger partial charge in [0.1, 0.15) is 4.90 Å². The maximum Gasteiger partial charge on any atom is 0.263 e. The fraction of sp³-hybridized carbons (Fsp3) is 0.231. The minimum Gasteiger partial charge on any atom is -0.279 e. The maximum absolute atomic E-state index is 12.4. The van der Waals surface area contributed by atoms with E-state index in [0.29, 0.717) is 10.6 Å². The van der Waals surface area contributed by atoms with Crippen LogP contribution < -0.4 is 4.72 Å². The first-order chi connectivity index (χ1) is 8.81. The largest absolute Gasteiger partial charge is 0.279 e. The number of hydrogen-bond donors (Lipinski definition) is 1. The van der Waals surface area contributed by atoms with Crippen LogP contribution in [-0.4, -0.2) is 8.42 Å². The number of aryl methyl sites for hydroxylation is 3. The molecule has 1 aromatic heterocycles. The quantitative estimate of drug-likeness (QED) is 0.890. The molecule has 0 saturated carbocycles. The van der Waals surface area contributed by atoms with E-state index in [4.69, 9.17) is 0 Å². The Balaban J connectivity index is 2.45. The molecule has 6 heteroatoms. The molecule has 0 aliphatic carbocycles. The van der Waals surface area contributed by atoms with E-state index in [9.17, 15) is 8.42 Å². The van der Waals surface area contributed by atoms with Crippen LogP contribution in [0.5, 0.6) is 0 Å². The molecule has 19 heavy (non-hydrogen) atoms. The van der Waals surface area contributed by atoms with Crippen LogP contribution in [0.25, 0.3) is 0 Å². The van der Waals surface area contributed by atoms with Crippen LogP contribution in [0.15, 0.2) is 32.9 Å². The predicted octanol–water partition coefficient (Wildman–Crippen LogP) is 4.24. The Kier molecular flexibility index (Phi) is 4.03. The fourth-order valence-corrected chi connectivity index (χ4v) is 5.48. The van der Waals surface area contributed by atoms with E-state index in [-0.39, 0.29) is 0 Å². The molecule has 3 nitrogen and oxygen atoms in total. The normalized spacial score (nSPS) is 11.6. The Bertz CT molecular complexity index is 700. The summed E-state index contributed by atoms with van der Waals surface area (Å²) in [6, 6.07) is 7.33. The molecule has 2 aromatic rings. The van der Waals surface area contributed by atoms with E-state index in [1.165, 1.54) is 11.3 Å². The van der Waals surface area contributed by atoms with Crippen molar-refractivity contribution in [3.8, 4) is 0 Å². The van der Waals surface area contributed by atoms with Crippen molar-refractivity contribution in [2.45, 2.75) is 25.7 Å². The second kappa shape index (κ2) is 5.26. The van der Waals surface area contributed by atoms with Gasteiger partial charge in [0.2, 0.25) is 0 Å². The molecule has 1 heterocycles. The monoisotopic (exact) mass is 359 g/mol. The molecule has 0 saturated heterocycles. The summed E-state index contributed by atoms with van der Waals surface area (Å²) in [5.74, 6) is 0. The molecule has 0 aliphatic rings. The van der Waals surface area contributed by atoms with Crippen LogP contribution in [-0.2, 0) is 10.0 Å². The number of rotatable bonds is 3. The van der Waals surface area contributed by atoms with E-state index < -0.39 is 10.0 Å². The topological polar surface area (TPSA) is 46.2 Å². The van der Waals surface area contributed by atoms with Crippen LogP contribution in [0.1, 0.15) is 16.0 Å². The molecule has 0 spiro atoms. The van der Waals surface area contributed by atoms with Gasteiger partial charge in [0.15, 0.2) is 0 Å². The minimum absolute atomic E-state index is 0.326. The summed E-state index contributed by atoms with van der Waals surface area (Å²) in [5, 5.41) is 0. The Morgan fingerprint density at radius 2 is 1.74 bits per heavy atom. The molecule has 0 amide bonds. The highest BCUT2D eigenvalue weighted by Gasteiger charge is 2.20. The van der Waals surface area contributed by atoms with E-state index in [0.717, 1.165) is 19.8 Å². The zero-order chi connectivity index (χ0) is 14.2. The van der Waals surface area contributed by atoms with E-state index in [1.54, 1.807) is 13.0 Å².